The van der Waals surface area contributed by atoms with Gasteiger partial charge in [-0.3, -0.25) is 4.79 Å². The second kappa shape index (κ2) is 7.86. The summed E-state index contributed by atoms with van der Waals surface area (Å²) in [5, 5.41) is 9.60. The molecular weight excluding hydrogens is 304 g/mol. The lowest BCUT2D eigenvalue weighted by atomic mass is 9.91. The van der Waals surface area contributed by atoms with E-state index in [4.69, 9.17) is 9.47 Å². The van der Waals surface area contributed by atoms with E-state index >= 15 is 0 Å². The number of carboxylic acid groups (broad SMARTS) is 1. The zero-order valence-corrected chi connectivity index (χ0v) is 14.6. The highest BCUT2D eigenvalue weighted by Crippen LogP contribution is 2.31. The van der Waals surface area contributed by atoms with Crippen LogP contribution in [0.25, 0.3) is 0 Å². The van der Waals surface area contributed by atoms with Gasteiger partial charge in [0.2, 0.25) is 0 Å². The summed E-state index contributed by atoms with van der Waals surface area (Å²) in [6.45, 7) is 5.88. The van der Waals surface area contributed by atoms with Crippen LogP contribution in [0.4, 0.5) is 0 Å². The number of hydrogen-bond donors (Lipinski definition) is 1. The molecule has 0 heterocycles. The standard InChI is InChI=1S/C20H24O4/c1-13(2)24-18-10-7-15(12-19(18)23-4)11-17(20(21)22)16-8-5-14(3)6-9-16/h5-10,12-13,17H,11H2,1-4H3,(H,21,22). The van der Waals surface area contributed by atoms with Crippen molar-refractivity contribution in [2.45, 2.75) is 39.2 Å². The van der Waals surface area contributed by atoms with E-state index in [-0.39, 0.29) is 6.10 Å². The molecule has 0 aliphatic heterocycles. The average molecular weight is 328 g/mol. The van der Waals surface area contributed by atoms with Gasteiger partial charge in [0.05, 0.1) is 19.1 Å². The number of carbonyl (C=O) groups is 1. The number of aryl methyl sites for hydroxylation is 1. The van der Waals surface area contributed by atoms with Gasteiger partial charge in [-0.05, 0) is 50.5 Å². The highest BCUT2D eigenvalue weighted by Gasteiger charge is 2.21. The van der Waals surface area contributed by atoms with Crippen molar-refractivity contribution in [1.29, 1.82) is 0 Å². The lowest BCUT2D eigenvalue weighted by molar-refractivity contribution is -0.138. The van der Waals surface area contributed by atoms with Gasteiger partial charge in [-0.2, -0.15) is 0 Å². The third-order valence-electron chi connectivity index (χ3n) is 3.81. The van der Waals surface area contributed by atoms with Gasteiger partial charge in [0, 0.05) is 0 Å². The molecule has 0 aliphatic rings. The lowest BCUT2D eigenvalue weighted by Gasteiger charge is -2.17. The maximum absolute atomic E-state index is 11.7. The molecule has 0 aliphatic carbocycles. The van der Waals surface area contributed by atoms with E-state index in [0.717, 1.165) is 16.7 Å². The number of benzene rings is 2. The van der Waals surface area contributed by atoms with Crippen LogP contribution in [0.5, 0.6) is 11.5 Å². The molecule has 1 N–H and O–H groups in total. The first-order valence-electron chi connectivity index (χ1n) is 8.03. The van der Waals surface area contributed by atoms with Gasteiger partial charge in [-0.1, -0.05) is 35.9 Å². The van der Waals surface area contributed by atoms with E-state index in [1.807, 2.05) is 63.2 Å². The average Bonchev–Trinajstić information content (AvgIpc) is 2.54. The third-order valence-corrected chi connectivity index (χ3v) is 3.81. The number of carboxylic acids is 1. The molecule has 0 spiro atoms. The summed E-state index contributed by atoms with van der Waals surface area (Å²) >= 11 is 0. The van der Waals surface area contributed by atoms with Crippen LogP contribution < -0.4 is 9.47 Å². The Labute approximate surface area is 143 Å². The van der Waals surface area contributed by atoms with E-state index in [9.17, 15) is 9.90 Å². The Morgan fingerprint density at radius 1 is 1.08 bits per heavy atom. The SMILES string of the molecule is COc1cc(CC(C(=O)O)c2ccc(C)cc2)ccc1OC(C)C. The normalized spacial score (nSPS) is 12.0. The van der Waals surface area contributed by atoms with Crippen molar-refractivity contribution in [2.24, 2.45) is 0 Å². The fraction of sp³-hybridized carbons (Fsp3) is 0.350. The lowest BCUT2D eigenvalue weighted by Crippen LogP contribution is -2.14. The van der Waals surface area contributed by atoms with E-state index in [0.29, 0.717) is 17.9 Å². The Bertz CT molecular complexity index is 689. The monoisotopic (exact) mass is 328 g/mol. The molecule has 0 radical (unpaired) electrons. The van der Waals surface area contributed by atoms with Crippen LogP contribution in [0.1, 0.15) is 36.5 Å². The van der Waals surface area contributed by atoms with Crippen molar-refractivity contribution in [1.82, 2.24) is 0 Å². The van der Waals surface area contributed by atoms with Crippen molar-refractivity contribution in [3.8, 4) is 11.5 Å². The summed E-state index contributed by atoms with van der Waals surface area (Å²) in [5.41, 5.74) is 2.81. The van der Waals surface area contributed by atoms with Gasteiger partial charge in [0.1, 0.15) is 0 Å². The second-order valence-electron chi connectivity index (χ2n) is 6.16. The first-order valence-corrected chi connectivity index (χ1v) is 8.03. The van der Waals surface area contributed by atoms with Crippen LogP contribution in [-0.4, -0.2) is 24.3 Å². The molecule has 0 saturated heterocycles. The molecule has 0 aromatic heterocycles. The van der Waals surface area contributed by atoms with Crippen molar-refractivity contribution in [3.63, 3.8) is 0 Å². The van der Waals surface area contributed by atoms with Crippen LogP contribution in [0, 0.1) is 6.92 Å². The van der Waals surface area contributed by atoms with Gasteiger partial charge >= 0.3 is 5.97 Å². The molecular formula is C20H24O4. The summed E-state index contributed by atoms with van der Waals surface area (Å²) in [6, 6.07) is 13.2. The molecule has 0 saturated carbocycles. The molecule has 0 fully saturated rings. The van der Waals surface area contributed by atoms with Gasteiger partial charge in [0.15, 0.2) is 11.5 Å². The number of hydrogen-bond acceptors (Lipinski definition) is 3. The first kappa shape index (κ1) is 17.9. The minimum absolute atomic E-state index is 0.0454. The second-order valence-corrected chi connectivity index (χ2v) is 6.16. The smallest absolute Gasteiger partial charge is 0.311 e. The maximum Gasteiger partial charge on any atom is 0.311 e. The van der Waals surface area contributed by atoms with Crippen LogP contribution in [-0.2, 0) is 11.2 Å². The fourth-order valence-corrected chi connectivity index (χ4v) is 2.57. The summed E-state index contributed by atoms with van der Waals surface area (Å²) in [7, 11) is 1.58. The van der Waals surface area contributed by atoms with Crippen molar-refractivity contribution >= 4 is 5.97 Å². The number of ether oxygens (including phenoxy) is 2. The Morgan fingerprint density at radius 2 is 1.75 bits per heavy atom. The molecule has 2 rings (SSSR count). The van der Waals surface area contributed by atoms with E-state index in [2.05, 4.69) is 0 Å². The molecule has 4 heteroatoms. The quantitative estimate of drug-likeness (QED) is 0.827. The molecule has 0 amide bonds. The largest absolute Gasteiger partial charge is 0.493 e. The predicted molar refractivity (Wildman–Crippen MR) is 94.0 cm³/mol. The topological polar surface area (TPSA) is 55.8 Å². The summed E-state index contributed by atoms with van der Waals surface area (Å²) in [6.07, 6.45) is 0.445. The van der Waals surface area contributed by atoms with Gasteiger partial charge < -0.3 is 14.6 Å². The number of methoxy groups -OCH3 is 1. The number of aliphatic carboxylic acids is 1. The van der Waals surface area contributed by atoms with Crippen LogP contribution in [0.2, 0.25) is 0 Å². The van der Waals surface area contributed by atoms with E-state index in [1.54, 1.807) is 7.11 Å². The summed E-state index contributed by atoms with van der Waals surface area (Å²) < 4.78 is 11.1. The van der Waals surface area contributed by atoms with E-state index < -0.39 is 11.9 Å². The Kier molecular flexibility index (Phi) is 5.85. The first-order chi connectivity index (χ1) is 11.4. The zero-order chi connectivity index (χ0) is 17.7. The molecule has 4 nitrogen and oxygen atoms in total. The van der Waals surface area contributed by atoms with Crippen molar-refractivity contribution in [3.05, 3.63) is 59.2 Å². The van der Waals surface area contributed by atoms with Crippen LogP contribution in [0.15, 0.2) is 42.5 Å². The van der Waals surface area contributed by atoms with Crippen LogP contribution in [0.3, 0.4) is 0 Å². The fourth-order valence-electron chi connectivity index (χ4n) is 2.57. The number of rotatable bonds is 7. The Balaban J connectivity index is 2.26. The molecule has 2 aromatic carbocycles. The zero-order valence-electron chi connectivity index (χ0n) is 14.6. The Hall–Kier alpha value is -2.49. The minimum atomic E-state index is -0.833. The Morgan fingerprint density at radius 3 is 2.29 bits per heavy atom. The van der Waals surface area contributed by atoms with Gasteiger partial charge in [0.25, 0.3) is 0 Å². The highest BCUT2D eigenvalue weighted by atomic mass is 16.5. The van der Waals surface area contributed by atoms with Crippen molar-refractivity contribution < 1.29 is 19.4 Å². The molecule has 2 aromatic rings. The van der Waals surface area contributed by atoms with Crippen molar-refractivity contribution in [2.75, 3.05) is 7.11 Å². The maximum atomic E-state index is 11.7. The van der Waals surface area contributed by atoms with Crippen LogP contribution >= 0.6 is 0 Å². The summed E-state index contributed by atoms with van der Waals surface area (Å²) in [4.78, 5) is 11.7. The van der Waals surface area contributed by atoms with Gasteiger partial charge in [-0.15, -0.1) is 0 Å². The molecule has 128 valence electrons. The van der Waals surface area contributed by atoms with E-state index in [1.165, 1.54) is 0 Å². The van der Waals surface area contributed by atoms with Gasteiger partial charge in [-0.25, -0.2) is 0 Å². The minimum Gasteiger partial charge on any atom is -0.493 e. The molecule has 24 heavy (non-hydrogen) atoms. The highest BCUT2D eigenvalue weighted by molar-refractivity contribution is 5.76. The molecule has 1 atom stereocenters. The summed E-state index contributed by atoms with van der Waals surface area (Å²) in [5.74, 6) is -0.139. The molecule has 0 bridgehead atoms. The molecule has 1 unspecified atom stereocenters. The third kappa shape index (κ3) is 4.51. The predicted octanol–water partition coefficient (Wildman–Crippen LogP) is 4.20.